The average Bonchev–Trinajstić information content (AvgIpc) is 3.53. The van der Waals surface area contributed by atoms with Crippen molar-refractivity contribution in [1.29, 1.82) is 0 Å². The zero-order valence-electron chi connectivity index (χ0n) is 22.7. The van der Waals surface area contributed by atoms with Gasteiger partial charge in [-0.3, -0.25) is 9.36 Å². The van der Waals surface area contributed by atoms with Crippen LogP contribution in [0.4, 0.5) is 0 Å². The molecule has 0 fully saturated rings. The number of fused-ring (bicyclic) bond motifs is 1. The molecule has 2 aromatic heterocycles. The number of methoxy groups -OCH3 is 1. The van der Waals surface area contributed by atoms with Crippen molar-refractivity contribution in [2.75, 3.05) is 20.3 Å². The number of furan rings is 1. The van der Waals surface area contributed by atoms with E-state index in [0.29, 0.717) is 54.7 Å². The molecular formula is C30H26Br2N2O6S. The van der Waals surface area contributed by atoms with E-state index in [1.54, 1.807) is 39.2 Å². The van der Waals surface area contributed by atoms with Crippen LogP contribution in [0.3, 0.4) is 0 Å². The highest BCUT2D eigenvalue weighted by atomic mass is 79.9. The Morgan fingerprint density at radius 2 is 1.93 bits per heavy atom. The molecule has 41 heavy (non-hydrogen) atoms. The van der Waals surface area contributed by atoms with E-state index >= 15 is 0 Å². The first kappa shape index (κ1) is 29.1. The molecule has 1 atom stereocenters. The lowest BCUT2D eigenvalue weighted by atomic mass is 9.95. The Kier molecular flexibility index (Phi) is 8.67. The van der Waals surface area contributed by atoms with Gasteiger partial charge in [-0.05, 0) is 62.7 Å². The molecule has 2 aromatic carbocycles. The summed E-state index contributed by atoms with van der Waals surface area (Å²) in [6, 6.07) is 14.2. The topological polar surface area (TPSA) is 92.3 Å². The van der Waals surface area contributed by atoms with Crippen molar-refractivity contribution in [3.05, 3.63) is 99.8 Å². The maximum absolute atomic E-state index is 14.0. The number of nitrogens with zero attached hydrogens (tertiary/aromatic N) is 2. The van der Waals surface area contributed by atoms with Crippen LogP contribution in [0.25, 0.3) is 17.4 Å². The molecule has 0 radical (unpaired) electrons. The molecule has 212 valence electrons. The second-order valence-corrected chi connectivity index (χ2v) is 11.8. The molecule has 0 amide bonds. The first-order valence-corrected chi connectivity index (χ1v) is 15.2. The zero-order chi connectivity index (χ0) is 29.3. The normalized spacial score (nSPS) is 15.0. The van der Waals surface area contributed by atoms with Gasteiger partial charge in [-0.15, -0.1) is 0 Å². The molecule has 0 bridgehead atoms. The van der Waals surface area contributed by atoms with E-state index in [1.807, 2.05) is 43.3 Å². The lowest BCUT2D eigenvalue weighted by molar-refractivity contribution is -0.139. The van der Waals surface area contributed by atoms with Crippen molar-refractivity contribution in [3.8, 4) is 22.8 Å². The Morgan fingerprint density at radius 3 is 2.63 bits per heavy atom. The van der Waals surface area contributed by atoms with E-state index in [2.05, 4.69) is 36.9 Å². The van der Waals surface area contributed by atoms with E-state index in [4.69, 9.17) is 18.6 Å². The molecule has 0 saturated carbocycles. The van der Waals surface area contributed by atoms with Crippen LogP contribution in [0.5, 0.6) is 11.5 Å². The molecule has 1 aliphatic heterocycles. The number of aromatic nitrogens is 1. The molecule has 4 aromatic rings. The van der Waals surface area contributed by atoms with Crippen LogP contribution in [0.15, 0.2) is 83.0 Å². The Balaban J connectivity index is 1.68. The number of esters is 1. The van der Waals surface area contributed by atoms with Gasteiger partial charge in [-0.2, -0.15) is 0 Å². The van der Waals surface area contributed by atoms with Crippen LogP contribution in [0.1, 0.15) is 38.1 Å². The molecule has 1 aliphatic rings. The van der Waals surface area contributed by atoms with Crippen molar-refractivity contribution < 1.29 is 23.4 Å². The molecule has 5 rings (SSSR count). The third kappa shape index (κ3) is 5.71. The Morgan fingerprint density at radius 1 is 1.12 bits per heavy atom. The monoisotopic (exact) mass is 700 g/mol. The first-order valence-electron chi connectivity index (χ1n) is 12.8. The summed E-state index contributed by atoms with van der Waals surface area (Å²) in [5, 5.41) is 0. The highest BCUT2D eigenvalue weighted by molar-refractivity contribution is 9.10. The minimum Gasteiger partial charge on any atom is -0.493 e. The van der Waals surface area contributed by atoms with Crippen molar-refractivity contribution in [3.63, 3.8) is 0 Å². The highest BCUT2D eigenvalue weighted by Gasteiger charge is 2.35. The second kappa shape index (κ2) is 12.2. The van der Waals surface area contributed by atoms with Crippen LogP contribution in [0.2, 0.25) is 0 Å². The summed E-state index contributed by atoms with van der Waals surface area (Å²) < 4.78 is 26.3. The lowest BCUT2D eigenvalue weighted by Crippen LogP contribution is -2.40. The molecule has 0 spiro atoms. The highest BCUT2D eigenvalue weighted by Crippen LogP contribution is 2.41. The summed E-state index contributed by atoms with van der Waals surface area (Å²) >= 11 is 8.35. The van der Waals surface area contributed by atoms with Gasteiger partial charge in [0.2, 0.25) is 0 Å². The number of hydrogen-bond donors (Lipinski definition) is 0. The van der Waals surface area contributed by atoms with Gasteiger partial charge in [0, 0.05) is 20.6 Å². The van der Waals surface area contributed by atoms with Gasteiger partial charge in [0.05, 0.1) is 42.2 Å². The zero-order valence-corrected chi connectivity index (χ0v) is 26.7. The molecule has 3 heterocycles. The van der Waals surface area contributed by atoms with Gasteiger partial charge in [0.1, 0.15) is 11.5 Å². The minimum atomic E-state index is -0.819. The average molecular weight is 702 g/mol. The molecular weight excluding hydrogens is 676 g/mol. The van der Waals surface area contributed by atoms with Gasteiger partial charge in [-0.25, -0.2) is 9.79 Å². The number of allylic oxidation sites excluding steroid dienone is 1. The van der Waals surface area contributed by atoms with Crippen molar-refractivity contribution >= 4 is 55.2 Å². The van der Waals surface area contributed by atoms with Gasteiger partial charge in [-0.1, -0.05) is 55.3 Å². The standard InChI is InChI=1S/C30H26Br2N2O6S/c1-5-38-24-15-21(32)20(14-23(24)37-4)27-26(29(36)39-6-2)16(3)33-30-34(27)28(35)25(41-30)13-19-10-11-22(40-19)17-8-7-9-18(31)12-17/h7-15,27H,5-6H2,1-4H3/b25-13+/t27-/m1/s1. The second-order valence-electron chi connectivity index (χ2n) is 8.97. The quantitative estimate of drug-likeness (QED) is 0.210. The molecule has 0 saturated heterocycles. The minimum absolute atomic E-state index is 0.180. The van der Waals surface area contributed by atoms with Gasteiger partial charge < -0.3 is 18.6 Å². The van der Waals surface area contributed by atoms with Crippen LogP contribution in [0, 0.1) is 0 Å². The van der Waals surface area contributed by atoms with Crippen molar-refractivity contribution in [2.24, 2.45) is 4.99 Å². The number of hydrogen-bond acceptors (Lipinski definition) is 8. The molecule has 8 nitrogen and oxygen atoms in total. The molecule has 0 N–H and O–H groups in total. The third-order valence-electron chi connectivity index (χ3n) is 6.40. The Hall–Kier alpha value is -3.41. The number of halogens is 2. The Bertz CT molecular complexity index is 1850. The summed E-state index contributed by atoms with van der Waals surface area (Å²) in [4.78, 5) is 32.3. The van der Waals surface area contributed by atoms with E-state index < -0.39 is 12.0 Å². The van der Waals surface area contributed by atoms with Gasteiger partial charge >= 0.3 is 5.97 Å². The maximum atomic E-state index is 14.0. The summed E-state index contributed by atoms with van der Waals surface area (Å²) in [6.45, 7) is 5.98. The maximum Gasteiger partial charge on any atom is 0.338 e. The fourth-order valence-corrected chi connectivity index (χ4v) is 6.60. The molecule has 11 heteroatoms. The number of thiazole rings is 1. The number of ether oxygens (including phenoxy) is 3. The van der Waals surface area contributed by atoms with E-state index in [9.17, 15) is 9.59 Å². The number of benzene rings is 2. The number of rotatable bonds is 8. The lowest BCUT2D eigenvalue weighted by Gasteiger charge is -2.26. The third-order valence-corrected chi connectivity index (χ3v) is 8.57. The number of carbonyl (C=O) groups excluding carboxylic acids is 1. The van der Waals surface area contributed by atoms with Crippen LogP contribution in [-0.2, 0) is 9.53 Å². The van der Waals surface area contributed by atoms with Gasteiger partial charge in [0.15, 0.2) is 16.3 Å². The van der Waals surface area contributed by atoms with Crippen LogP contribution in [-0.4, -0.2) is 30.9 Å². The summed E-state index contributed by atoms with van der Waals surface area (Å²) in [5.41, 5.74) is 1.96. The van der Waals surface area contributed by atoms with E-state index in [0.717, 1.165) is 10.0 Å². The Labute approximate surface area is 256 Å². The van der Waals surface area contributed by atoms with Crippen molar-refractivity contribution in [2.45, 2.75) is 26.8 Å². The van der Waals surface area contributed by atoms with Crippen molar-refractivity contribution in [1.82, 2.24) is 4.57 Å². The largest absolute Gasteiger partial charge is 0.493 e. The summed E-state index contributed by atoms with van der Waals surface area (Å²) in [7, 11) is 1.54. The van der Waals surface area contributed by atoms with Crippen LogP contribution < -0.4 is 24.4 Å². The van der Waals surface area contributed by atoms with Crippen LogP contribution >= 0.6 is 43.2 Å². The van der Waals surface area contributed by atoms with E-state index in [1.165, 1.54) is 15.9 Å². The summed E-state index contributed by atoms with van der Waals surface area (Å²) in [5.74, 6) is 1.66. The predicted molar refractivity (Wildman–Crippen MR) is 164 cm³/mol. The SMILES string of the molecule is CCOC(=O)C1=C(C)N=c2s/c(=C/c3ccc(-c4cccc(Br)c4)o3)c(=O)n2[C@@H]1c1cc(OC)c(OCC)cc1Br. The first-order chi connectivity index (χ1) is 19.7. The fourth-order valence-electron chi connectivity index (χ4n) is 4.63. The molecule has 0 unspecified atom stereocenters. The molecule has 0 aliphatic carbocycles. The van der Waals surface area contributed by atoms with E-state index in [-0.39, 0.29) is 17.7 Å². The number of carbonyl (C=O) groups is 1. The predicted octanol–water partition coefficient (Wildman–Crippen LogP) is 5.99. The fraction of sp³-hybridized carbons (Fsp3) is 0.233. The smallest absolute Gasteiger partial charge is 0.338 e. The summed E-state index contributed by atoms with van der Waals surface area (Å²) in [6.07, 6.45) is 1.69. The van der Waals surface area contributed by atoms with Gasteiger partial charge in [0.25, 0.3) is 5.56 Å².